The van der Waals surface area contributed by atoms with Gasteiger partial charge in [0.25, 0.3) is 0 Å². The molecule has 0 aliphatic carbocycles. The molecule has 0 nitrogen and oxygen atoms in total. The fourth-order valence-electron chi connectivity index (χ4n) is 1.32. The Kier molecular flexibility index (Phi) is 2.61. The highest BCUT2D eigenvalue weighted by molar-refractivity contribution is 6.32. The topological polar surface area (TPSA) is 0 Å². The number of rotatable bonds is 1. The van der Waals surface area contributed by atoms with Gasteiger partial charge in [0.2, 0.25) is 0 Å². The molecular weight excluding hydrogens is 143 g/mol. The van der Waals surface area contributed by atoms with Gasteiger partial charge in [-0.2, -0.15) is 0 Å². The predicted molar refractivity (Wildman–Crippen MR) is 57.8 cm³/mol. The summed E-state index contributed by atoms with van der Waals surface area (Å²) in [6.07, 6.45) is 1.16. The van der Waals surface area contributed by atoms with Crippen molar-refractivity contribution >= 4 is 13.3 Å². The Morgan fingerprint density at radius 1 is 1.08 bits per heavy atom. The zero-order chi connectivity index (χ0) is 9.19. The summed E-state index contributed by atoms with van der Waals surface area (Å²) in [5, 5.41) is 0. The average molecular weight is 160 g/mol. The van der Waals surface area contributed by atoms with Gasteiger partial charge in [-0.25, -0.2) is 0 Å². The summed E-state index contributed by atoms with van der Waals surface area (Å²) in [6, 6.07) is 8.81. The molecule has 0 saturated carbocycles. The normalized spacial score (nSPS) is 11.6. The molecule has 0 unspecified atom stereocenters. The van der Waals surface area contributed by atoms with Crippen LogP contribution in [0, 0.1) is 5.41 Å². The first-order chi connectivity index (χ1) is 5.47. The summed E-state index contributed by atoms with van der Waals surface area (Å²) in [5.41, 5.74) is 3.18. The van der Waals surface area contributed by atoms with Crippen LogP contribution in [0.2, 0.25) is 0 Å². The molecule has 0 amide bonds. The van der Waals surface area contributed by atoms with Crippen LogP contribution in [0.5, 0.6) is 0 Å². The van der Waals surface area contributed by atoms with Gasteiger partial charge in [-0.1, -0.05) is 50.5 Å². The van der Waals surface area contributed by atoms with E-state index in [4.69, 9.17) is 0 Å². The minimum absolute atomic E-state index is 0.398. The van der Waals surface area contributed by atoms with E-state index in [1.807, 2.05) is 0 Å². The Labute approximate surface area is 76.4 Å². The van der Waals surface area contributed by atoms with Crippen molar-refractivity contribution in [3.8, 4) is 0 Å². The van der Waals surface area contributed by atoms with E-state index in [1.165, 1.54) is 11.0 Å². The van der Waals surface area contributed by atoms with E-state index in [2.05, 4.69) is 52.9 Å². The van der Waals surface area contributed by atoms with Gasteiger partial charge in [0, 0.05) is 0 Å². The van der Waals surface area contributed by atoms with Crippen molar-refractivity contribution in [2.45, 2.75) is 27.2 Å². The third-order valence-corrected chi connectivity index (χ3v) is 1.86. The Hall–Kier alpha value is -0.715. The molecule has 0 aliphatic rings. The summed E-state index contributed by atoms with van der Waals surface area (Å²) in [7, 11) is 2.13. The number of hydrogen-bond acceptors (Lipinski definition) is 0. The molecule has 0 N–H and O–H groups in total. The second-order valence-corrected chi connectivity index (χ2v) is 4.72. The summed E-state index contributed by atoms with van der Waals surface area (Å²) < 4.78 is 0. The number of benzene rings is 1. The van der Waals surface area contributed by atoms with Gasteiger partial charge in [0.1, 0.15) is 7.85 Å². The first-order valence-electron chi connectivity index (χ1n) is 4.53. The minimum Gasteiger partial charge on any atom is -0.0889 e. The number of hydrogen-bond donors (Lipinski definition) is 0. The van der Waals surface area contributed by atoms with Gasteiger partial charge >= 0.3 is 0 Å². The van der Waals surface area contributed by atoms with Crippen LogP contribution in [-0.4, -0.2) is 7.85 Å². The van der Waals surface area contributed by atoms with Crippen molar-refractivity contribution in [1.29, 1.82) is 0 Å². The maximum Gasteiger partial charge on any atom is 0.139 e. The molecule has 0 aliphatic heterocycles. The molecule has 0 aromatic heterocycles. The summed E-state index contributed by atoms with van der Waals surface area (Å²) >= 11 is 0. The molecule has 1 rings (SSSR count). The maximum atomic E-state index is 2.27. The van der Waals surface area contributed by atoms with Gasteiger partial charge in [-0.05, 0) is 17.4 Å². The third kappa shape index (κ3) is 3.12. The molecule has 1 aromatic rings. The van der Waals surface area contributed by atoms with Crippen molar-refractivity contribution < 1.29 is 0 Å². The van der Waals surface area contributed by atoms with Crippen molar-refractivity contribution in [3.05, 3.63) is 29.8 Å². The predicted octanol–water partition coefficient (Wildman–Crippen LogP) is 1.53. The molecule has 0 heterocycles. The van der Waals surface area contributed by atoms with Crippen LogP contribution in [0.4, 0.5) is 0 Å². The molecule has 0 atom stereocenters. The fourth-order valence-corrected chi connectivity index (χ4v) is 1.32. The van der Waals surface area contributed by atoms with Crippen LogP contribution < -0.4 is 5.46 Å². The zero-order valence-electron chi connectivity index (χ0n) is 8.52. The van der Waals surface area contributed by atoms with Crippen LogP contribution in [0.15, 0.2) is 24.3 Å². The third-order valence-electron chi connectivity index (χ3n) is 1.86. The van der Waals surface area contributed by atoms with Gasteiger partial charge in [0.15, 0.2) is 0 Å². The lowest BCUT2D eigenvalue weighted by Gasteiger charge is -2.17. The molecule has 0 fully saturated rings. The second kappa shape index (κ2) is 3.34. The summed E-state index contributed by atoms with van der Waals surface area (Å²) in [6.45, 7) is 6.81. The Morgan fingerprint density at radius 3 is 2.00 bits per heavy atom. The van der Waals surface area contributed by atoms with Crippen molar-refractivity contribution in [1.82, 2.24) is 0 Å². The lowest BCUT2D eigenvalue weighted by molar-refractivity contribution is 0.411. The lowest BCUT2D eigenvalue weighted by atomic mass is 9.86. The van der Waals surface area contributed by atoms with Crippen molar-refractivity contribution in [2.24, 2.45) is 5.41 Å². The Bertz CT molecular complexity index is 241. The van der Waals surface area contributed by atoms with Crippen LogP contribution in [0.1, 0.15) is 26.3 Å². The maximum absolute atomic E-state index is 2.27. The summed E-state index contributed by atoms with van der Waals surface area (Å²) in [5.74, 6) is 0. The molecule has 1 aromatic carbocycles. The van der Waals surface area contributed by atoms with E-state index in [1.54, 1.807) is 0 Å². The minimum atomic E-state index is 0.398. The van der Waals surface area contributed by atoms with Crippen LogP contribution in [0.3, 0.4) is 0 Å². The second-order valence-electron chi connectivity index (χ2n) is 4.72. The quantitative estimate of drug-likeness (QED) is 0.546. The highest BCUT2D eigenvalue weighted by Crippen LogP contribution is 2.19. The van der Waals surface area contributed by atoms with Gasteiger partial charge < -0.3 is 0 Å². The molecule has 64 valence electrons. The standard InChI is InChI=1S/C11H17B/c1-11(2,3)8-9-4-6-10(12)7-5-9/h4-7H,8,12H2,1-3H3. The van der Waals surface area contributed by atoms with E-state index in [9.17, 15) is 0 Å². The first-order valence-corrected chi connectivity index (χ1v) is 4.53. The SMILES string of the molecule is Bc1ccc(CC(C)(C)C)cc1. The monoisotopic (exact) mass is 160 g/mol. The molecule has 0 saturated heterocycles. The highest BCUT2D eigenvalue weighted by atomic mass is 14.1. The Morgan fingerprint density at radius 2 is 1.58 bits per heavy atom. The Balaban J connectivity index is 2.71. The van der Waals surface area contributed by atoms with E-state index in [0.717, 1.165) is 6.42 Å². The van der Waals surface area contributed by atoms with Crippen LogP contribution >= 0.6 is 0 Å². The smallest absolute Gasteiger partial charge is 0.0889 e. The highest BCUT2D eigenvalue weighted by Gasteiger charge is 2.10. The molecule has 0 spiro atoms. The molecular formula is C11H17B. The average Bonchev–Trinajstić information content (AvgIpc) is 1.91. The van der Waals surface area contributed by atoms with E-state index < -0.39 is 0 Å². The van der Waals surface area contributed by atoms with Gasteiger partial charge in [-0.3, -0.25) is 0 Å². The molecule has 1 heteroatoms. The van der Waals surface area contributed by atoms with E-state index in [-0.39, 0.29) is 0 Å². The van der Waals surface area contributed by atoms with Crippen molar-refractivity contribution in [3.63, 3.8) is 0 Å². The van der Waals surface area contributed by atoms with Crippen LogP contribution in [0.25, 0.3) is 0 Å². The van der Waals surface area contributed by atoms with Crippen molar-refractivity contribution in [2.75, 3.05) is 0 Å². The summed E-state index contributed by atoms with van der Waals surface area (Å²) in [4.78, 5) is 0. The van der Waals surface area contributed by atoms with E-state index in [0.29, 0.717) is 5.41 Å². The largest absolute Gasteiger partial charge is 0.139 e. The molecule has 12 heavy (non-hydrogen) atoms. The fraction of sp³-hybridized carbons (Fsp3) is 0.455. The van der Waals surface area contributed by atoms with Crippen LogP contribution in [-0.2, 0) is 6.42 Å². The van der Waals surface area contributed by atoms with Gasteiger partial charge in [0.05, 0.1) is 0 Å². The first kappa shape index (κ1) is 9.37. The zero-order valence-corrected chi connectivity index (χ0v) is 8.52. The lowest BCUT2D eigenvalue weighted by Crippen LogP contribution is -2.10. The van der Waals surface area contributed by atoms with E-state index >= 15 is 0 Å². The molecule has 0 radical (unpaired) electrons. The molecule has 0 bridgehead atoms. The van der Waals surface area contributed by atoms with Gasteiger partial charge in [-0.15, -0.1) is 0 Å².